The lowest BCUT2D eigenvalue weighted by Gasteiger charge is -2.48. The van der Waals surface area contributed by atoms with Gasteiger partial charge in [0.25, 0.3) is 0 Å². The highest BCUT2D eigenvalue weighted by Gasteiger charge is 2.48. The number of carboxylic acid groups (broad SMARTS) is 1. The van der Waals surface area contributed by atoms with Crippen molar-refractivity contribution in [1.82, 2.24) is 0 Å². The number of amides is 1. The van der Waals surface area contributed by atoms with Gasteiger partial charge in [-0.2, -0.15) is 0 Å². The number of aliphatic hydroxyl groups excluding tert-OH is 1. The number of carbonyl (C=O) groups is 2. The minimum atomic E-state index is -1.22. The van der Waals surface area contributed by atoms with Crippen molar-refractivity contribution in [2.45, 2.75) is 25.0 Å². The number of rotatable bonds is 8. The molecule has 8 heteroatoms. The van der Waals surface area contributed by atoms with Crippen LogP contribution in [-0.2, 0) is 4.79 Å². The molecule has 39 heavy (non-hydrogen) atoms. The molecule has 3 unspecified atom stereocenters. The Balaban J connectivity index is 1.40. The maximum Gasteiger partial charge on any atom is 0.339 e. The predicted octanol–water partition coefficient (Wildman–Crippen LogP) is 6.25. The van der Waals surface area contributed by atoms with Crippen LogP contribution in [-0.4, -0.2) is 27.2 Å². The van der Waals surface area contributed by atoms with Crippen molar-refractivity contribution >= 4 is 17.6 Å². The summed E-state index contributed by atoms with van der Waals surface area (Å²) in [6.07, 6.45) is -0.183. The molecule has 1 saturated heterocycles. The number of anilines is 1. The Morgan fingerprint density at radius 3 is 2.03 bits per heavy atom. The second-order valence-corrected chi connectivity index (χ2v) is 9.54. The normalized spacial score (nSPS) is 17.5. The highest BCUT2D eigenvalue weighted by atomic mass is 19.1. The van der Waals surface area contributed by atoms with Gasteiger partial charge in [0.15, 0.2) is 0 Å². The van der Waals surface area contributed by atoms with E-state index in [2.05, 4.69) is 0 Å². The monoisotopic (exact) mass is 529 g/mol. The van der Waals surface area contributed by atoms with E-state index in [0.29, 0.717) is 29.7 Å². The third-order valence-corrected chi connectivity index (χ3v) is 7.14. The average Bonchev–Trinajstić information content (AvgIpc) is 2.93. The molecule has 6 nitrogen and oxygen atoms in total. The zero-order valence-corrected chi connectivity index (χ0v) is 20.7. The summed E-state index contributed by atoms with van der Waals surface area (Å²) in [6.45, 7) is 0. The molecule has 1 aliphatic heterocycles. The van der Waals surface area contributed by atoms with Crippen molar-refractivity contribution in [3.63, 3.8) is 0 Å². The highest BCUT2D eigenvalue weighted by molar-refractivity contribution is 6.03. The van der Waals surface area contributed by atoms with Crippen LogP contribution in [0.25, 0.3) is 11.1 Å². The molecule has 4 aromatic rings. The fraction of sp³-hybridized carbons (Fsp3) is 0.161. The van der Waals surface area contributed by atoms with E-state index >= 15 is 0 Å². The molecule has 0 spiro atoms. The summed E-state index contributed by atoms with van der Waals surface area (Å²) in [5, 5.41) is 29.8. The number of benzene rings is 4. The molecule has 3 N–H and O–H groups in total. The first-order valence-electron chi connectivity index (χ1n) is 12.4. The second kappa shape index (κ2) is 10.7. The first-order chi connectivity index (χ1) is 18.7. The van der Waals surface area contributed by atoms with Crippen LogP contribution in [0, 0.1) is 17.6 Å². The lowest BCUT2D eigenvalue weighted by atomic mass is 9.78. The summed E-state index contributed by atoms with van der Waals surface area (Å²) in [5.41, 5.74) is 3.13. The number of nitrogens with zero attached hydrogens (tertiary/aromatic N) is 1. The van der Waals surface area contributed by atoms with Crippen LogP contribution in [0.4, 0.5) is 14.5 Å². The van der Waals surface area contributed by atoms with E-state index in [1.165, 1.54) is 48.5 Å². The average molecular weight is 530 g/mol. The number of carboxylic acids is 1. The molecule has 0 radical (unpaired) electrons. The highest BCUT2D eigenvalue weighted by Crippen LogP contribution is 2.46. The lowest BCUT2D eigenvalue weighted by Crippen LogP contribution is -2.55. The van der Waals surface area contributed by atoms with E-state index < -0.39 is 29.6 Å². The summed E-state index contributed by atoms with van der Waals surface area (Å²) in [7, 11) is 0. The molecule has 1 fully saturated rings. The number of aromatic carboxylic acids is 1. The summed E-state index contributed by atoms with van der Waals surface area (Å²) < 4.78 is 26.8. The van der Waals surface area contributed by atoms with Crippen molar-refractivity contribution in [1.29, 1.82) is 0 Å². The van der Waals surface area contributed by atoms with Gasteiger partial charge in [-0.15, -0.1) is 0 Å². The molecule has 1 aliphatic rings. The van der Waals surface area contributed by atoms with Crippen LogP contribution in [0.1, 0.15) is 46.5 Å². The Labute approximate surface area is 223 Å². The smallest absolute Gasteiger partial charge is 0.339 e. The SMILES string of the molecule is O=C(O)c1ccc(-c2ccc(C3C(CCC(O)c4ccc(F)cc4)C(=O)N3c3ccc(F)cc3)cc2)cc1O. The number of phenols is 1. The van der Waals surface area contributed by atoms with E-state index in [0.717, 1.165) is 11.1 Å². The van der Waals surface area contributed by atoms with Gasteiger partial charge in [0.1, 0.15) is 22.9 Å². The van der Waals surface area contributed by atoms with E-state index in [-0.39, 0.29) is 23.3 Å². The van der Waals surface area contributed by atoms with E-state index in [1.54, 1.807) is 23.1 Å². The number of aliphatic hydroxyl groups is 1. The fourth-order valence-corrected chi connectivity index (χ4v) is 5.05. The third kappa shape index (κ3) is 5.24. The Morgan fingerprint density at radius 1 is 0.846 bits per heavy atom. The minimum absolute atomic E-state index is 0.142. The van der Waals surface area contributed by atoms with Gasteiger partial charge in [-0.25, -0.2) is 13.6 Å². The quantitative estimate of drug-likeness (QED) is 0.234. The number of β-lactam (4-membered cyclic amide) rings is 1. The summed E-state index contributed by atoms with van der Waals surface area (Å²) in [4.78, 5) is 26.1. The van der Waals surface area contributed by atoms with Crippen molar-refractivity contribution in [3.05, 3.63) is 119 Å². The third-order valence-electron chi connectivity index (χ3n) is 7.14. The number of hydrogen-bond acceptors (Lipinski definition) is 4. The number of hydrogen-bond donors (Lipinski definition) is 3. The van der Waals surface area contributed by atoms with E-state index in [4.69, 9.17) is 5.11 Å². The largest absolute Gasteiger partial charge is 0.507 e. The molecule has 0 saturated carbocycles. The molecule has 0 aliphatic carbocycles. The molecule has 4 aromatic carbocycles. The van der Waals surface area contributed by atoms with Gasteiger partial charge < -0.3 is 20.2 Å². The van der Waals surface area contributed by atoms with Crippen LogP contribution in [0.15, 0.2) is 91.0 Å². The Hall–Kier alpha value is -4.56. The summed E-state index contributed by atoms with van der Waals surface area (Å²) in [5.74, 6) is -2.95. The summed E-state index contributed by atoms with van der Waals surface area (Å²) >= 11 is 0. The predicted molar refractivity (Wildman–Crippen MR) is 141 cm³/mol. The zero-order chi connectivity index (χ0) is 27.7. The molecule has 0 bridgehead atoms. The van der Waals surface area contributed by atoms with Crippen molar-refractivity contribution < 1.29 is 33.7 Å². The maximum atomic E-state index is 13.6. The Bertz CT molecular complexity index is 1500. The summed E-state index contributed by atoms with van der Waals surface area (Å²) in [6, 6.07) is 22.6. The standard InChI is InChI=1S/C31H25F2NO5/c32-22-8-5-19(6-9-22)27(35)16-15-26-29(34(30(26)37)24-12-10-23(33)11-13-24)20-3-1-18(2-4-20)21-7-14-25(31(38)39)28(36)17-21/h1-14,17,26-27,29,35-36H,15-16H2,(H,38,39). The van der Waals surface area contributed by atoms with Gasteiger partial charge in [-0.05, 0) is 83.6 Å². The topological polar surface area (TPSA) is 98.1 Å². The number of halogens is 2. The zero-order valence-electron chi connectivity index (χ0n) is 20.7. The van der Waals surface area contributed by atoms with Gasteiger partial charge in [0, 0.05) is 5.69 Å². The van der Waals surface area contributed by atoms with Crippen LogP contribution in [0.2, 0.25) is 0 Å². The fourth-order valence-electron chi connectivity index (χ4n) is 5.05. The van der Waals surface area contributed by atoms with Crippen molar-refractivity contribution in [2.24, 2.45) is 5.92 Å². The molecule has 3 atom stereocenters. The second-order valence-electron chi connectivity index (χ2n) is 9.54. The van der Waals surface area contributed by atoms with Gasteiger partial charge in [-0.3, -0.25) is 4.79 Å². The lowest BCUT2D eigenvalue weighted by molar-refractivity contribution is -0.131. The molecule has 1 amide bonds. The Kier molecular flexibility index (Phi) is 7.13. The molecular weight excluding hydrogens is 504 g/mol. The molecule has 1 heterocycles. The Morgan fingerprint density at radius 2 is 1.44 bits per heavy atom. The number of carbonyl (C=O) groups excluding carboxylic acids is 1. The first kappa shape index (κ1) is 26.1. The van der Waals surface area contributed by atoms with Gasteiger partial charge >= 0.3 is 5.97 Å². The van der Waals surface area contributed by atoms with E-state index in [1.807, 2.05) is 24.3 Å². The van der Waals surface area contributed by atoms with Crippen LogP contribution >= 0.6 is 0 Å². The van der Waals surface area contributed by atoms with Crippen LogP contribution in [0.5, 0.6) is 5.75 Å². The van der Waals surface area contributed by atoms with Crippen LogP contribution < -0.4 is 4.90 Å². The first-order valence-corrected chi connectivity index (χ1v) is 12.4. The molecule has 198 valence electrons. The van der Waals surface area contributed by atoms with Crippen molar-refractivity contribution in [3.8, 4) is 16.9 Å². The number of aromatic hydroxyl groups is 1. The van der Waals surface area contributed by atoms with Gasteiger partial charge in [-0.1, -0.05) is 42.5 Å². The van der Waals surface area contributed by atoms with E-state index in [9.17, 15) is 28.6 Å². The maximum absolute atomic E-state index is 13.6. The van der Waals surface area contributed by atoms with Crippen molar-refractivity contribution in [2.75, 3.05) is 4.90 Å². The molecule has 5 rings (SSSR count). The molecule has 0 aromatic heterocycles. The van der Waals surface area contributed by atoms with Gasteiger partial charge in [0.05, 0.1) is 18.1 Å². The minimum Gasteiger partial charge on any atom is -0.507 e. The van der Waals surface area contributed by atoms with Crippen LogP contribution in [0.3, 0.4) is 0 Å². The van der Waals surface area contributed by atoms with Gasteiger partial charge in [0.2, 0.25) is 5.91 Å². The molecular formula is C31H25F2NO5.